The Hall–Kier alpha value is -2.24. The highest BCUT2D eigenvalue weighted by Crippen LogP contribution is 2.22. The van der Waals surface area contributed by atoms with Gasteiger partial charge in [-0.3, -0.25) is 0 Å². The van der Waals surface area contributed by atoms with Gasteiger partial charge in [0.1, 0.15) is 5.75 Å². The van der Waals surface area contributed by atoms with E-state index in [1.807, 2.05) is 20.8 Å². The summed E-state index contributed by atoms with van der Waals surface area (Å²) in [5.74, 6) is -0.400. The summed E-state index contributed by atoms with van der Waals surface area (Å²) in [6.07, 6.45) is 0.805. The molecule has 1 unspecified atom stereocenters. The molecule has 6 heteroatoms. The van der Waals surface area contributed by atoms with E-state index < -0.39 is 12.0 Å². The fraction of sp³-hybridized carbons (Fsp3) is 0.467. The summed E-state index contributed by atoms with van der Waals surface area (Å²) in [6.45, 7) is 6.02. The van der Waals surface area contributed by atoms with Gasteiger partial charge in [-0.05, 0) is 30.5 Å². The highest BCUT2D eigenvalue weighted by Gasteiger charge is 2.17. The Balaban J connectivity index is 2.87. The Bertz CT molecular complexity index is 514. The molecule has 0 heterocycles. The van der Waals surface area contributed by atoms with E-state index in [0.29, 0.717) is 11.7 Å². The van der Waals surface area contributed by atoms with Crippen molar-refractivity contribution >= 4 is 17.7 Å². The number of carbonyl (C=O) groups is 2. The first kappa shape index (κ1) is 16.8. The molecular formula is C15H22N2O4. The molecule has 21 heavy (non-hydrogen) atoms. The van der Waals surface area contributed by atoms with E-state index in [9.17, 15) is 14.7 Å². The van der Waals surface area contributed by atoms with Gasteiger partial charge in [0.2, 0.25) is 0 Å². The molecule has 0 aromatic heterocycles. The molecule has 116 valence electrons. The van der Waals surface area contributed by atoms with Crippen molar-refractivity contribution in [2.24, 2.45) is 5.92 Å². The molecule has 1 rings (SSSR count). The number of nitrogens with one attached hydrogen (secondary N) is 2. The summed E-state index contributed by atoms with van der Waals surface area (Å²) in [4.78, 5) is 23.2. The number of anilines is 1. The number of urea groups is 1. The fourth-order valence-electron chi connectivity index (χ4n) is 2.00. The summed E-state index contributed by atoms with van der Waals surface area (Å²) >= 11 is 0. The largest absolute Gasteiger partial charge is 0.497 e. The van der Waals surface area contributed by atoms with Crippen LogP contribution in [0.25, 0.3) is 0 Å². The number of methoxy groups -OCH3 is 1. The molecule has 0 aliphatic heterocycles. The molecule has 0 aliphatic carbocycles. The van der Waals surface area contributed by atoms with E-state index in [2.05, 4.69) is 10.6 Å². The molecule has 0 bridgehead atoms. The normalized spacial score (nSPS) is 11.9. The van der Waals surface area contributed by atoms with Gasteiger partial charge < -0.3 is 20.5 Å². The van der Waals surface area contributed by atoms with E-state index in [1.165, 1.54) is 19.2 Å². The van der Waals surface area contributed by atoms with E-state index in [-0.39, 0.29) is 17.3 Å². The smallest absolute Gasteiger partial charge is 0.337 e. The van der Waals surface area contributed by atoms with Gasteiger partial charge in [-0.15, -0.1) is 0 Å². The molecule has 0 saturated carbocycles. The predicted molar refractivity (Wildman–Crippen MR) is 81.0 cm³/mol. The minimum atomic E-state index is -1.12. The van der Waals surface area contributed by atoms with Crippen LogP contribution in [0.15, 0.2) is 18.2 Å². The van der Waals surface area contributed by atoms with Crippen LogP contribution in [0, 0.1) is 5.92 Å². The third kappa shape index (κ3) is 4.66. The minimum absolute atomic E-state index is 0.0119. The molecule has 3 N–H and O–H groups in total. The van der Waals surface area contributed by atoms with Gasteiger partial charge in [0, 0.05) is 6.04 Å². The second kappa shape index (κ2) is 7.52. The van der Waals surface area contributed by atoms with E-state index in [0.717, 1.165) is 6.42 Å². The lowest BCUT2D eigenvalue weighted by Gasteiger charge is -2.21. The van der Waals surface area contributed by atoms with Gasteiger partial charge in [0.05, 0.1) is 18.4 Å². The van der Waals surface area contributed by atoms with Crippen molar-refractivity contribution in [2.45, 2.75) is 33.2 Å². The second-order valence-electron chi connectivity index (χ2n) is 5.07. The van der Waals surface area contributed by atoms with Crippen LogP contribution in [0.3, 0.4) is 0 Å². The van der Waals surface area contributed by atoms with E-state index in [1.54, 1.807) is 6.07 Å². The number of carboxylic acid groups (broad SMARTS) is 1. The first-order valence-corrected chi connectivity index (χ1v) is 6.87. The van der Waals surface area contributed by atoms with Gasteiger partial charge >= 0.3 is 12.0 Å². The molecule has 2 amide bonds. The summed E-state index contributed by atoms with van der Waals surface area (Å²) in [5.41, 5.74) is 0.224. The van der Waals surface area contributed by atoms with Gasteiger partial charge in [-0.1, -0.05) is 20.8 Å². The lowest BCUT2D eigenvalue weighted by Crippen LogP contribution is -2.40. The van der Waals surface area contributed by atoms with Crippen LogP contribution in [0.2, 0.25) is 0 Å². The molecule has 0 saturated heterocycles. The molecule has 0 radical (unpaired) electrons. The second-order valence-corrected chi connectivity index (χ2v) is 5.07. The number of rotatable bonds is 6. The van der Waals surface area contributed by atoms with Crippen LogP contribution in [0.5, 0.6) is 5.75 Å². The number of hydrogen-bond donors (Lipinski definition) is 3. The lowest BCUT2D eigenvalue weighted by molar-refractivity contribution is 0.0697. The van der Waals surface area contributed by atoms with E-state index >= 15 is 0 Å². The highest BCUT2D eigenvalue weighted by atomic mass is 16.5. The van der Waals surface area contributed by atoms with Crippen LogP contribution < -0.4 is 15.4 Å². The van der Waals surface area contributed by atoms with Gasteiger partial charge in [-0.25, -0.2) is 9.59 Å². The monoisotopic (exact) mass is 294 g/mol. The number of aromatic carboxylic acids is 1. The Morgan fingerprint density at radius 1 is 1.33 bits per heavy atom. The molecule has 1 aromatic carbocycles. The summed E-state index contributed by atoms with van der Waals surface area (Å²) in [5, 5.41) is 14.6. The van der Waals surface area contributed by atoms with Crippen LogP contribution in [-0.4, -0.2) is 30.3 Å². The minimum Gasteiger partial charge on any atom is -0.497 e. The maximum atomic E-state index is 12.0. The molecule has 1 aromatic rings. The Labute approximate surface area is 124 Å². The van der Waals surface area contributed by atoms with Crippen LogP contribution in [0.1, 0.15) is 37.6 Å². The predicted octanol–water partition coefficient (Wildman–Crippen LogP) is 2.95. The van der Waals surface area contributed by atoms with Gasteiger partial charge in [-0.2, -0.15) is 0 Å². The molecular weight excluding hydrogens is 272 g/mol. The number of ether oxygens (including phenoxy) is 1. The van der Waals surface area contributed by atoms with Crippen molar-refractivity contribution in [1.29, 1.82) is 0 Å². The molecule has 0 spiro atoms. The van der Waals surface area contributed by atoms with Crippen molar-refractivity contribution in [3.8, 4) is 5.75 Å². The highest BCUT2D eigenvalue weighted by molar-refractivity contribution is 6.00. The standard InChI is InChI=1S/C15H22N2O4/c1-5-12(9(2)3)16-15(20)17-13-7-6-10(21-4)8-11(13)14(18)19/h6-9,12H,5H2,1-4H3,(H,18,19)(H2,16,17,20). The number of carboxylic acids is 1. The summed E-state index contributed by atoms with van der Waals surface area (Å²) in [6, 6.07) is 4.11. The Morgan fingerprint density at radius 2 is 2.00 bits per heavy atom. The van der Waals surface area contributed by atoms with Crippen LogP contribution in [0.4, 0.5) is 10.5 Å². The van der Waals surface area contributed by atoms with Crippen molar-refractivity contribution in [3.63, 3.8) is 0 Å². The van der Waals surface area contributed by atoms with Gasteiger partial charge in [0.15, 0.2) is 0 Å². The lowest BCUT2D eigenvalue weighted by atomic mass is 10.0. The third-order valence-electron chi connectivity index (χ3n) is 3.27. The zero-order valence-corrected chi connectivity index (χ0v) is 12.8. The van der Waals surface area contributed by atoms with Crippen molar-refractivity contribution < 1.29 is 19.4 Å². The molecule has 6 nitrogen and oxygen atoms in total. The Kier molecular flexibility index (Phi) is 6.02. The van der Waals surface area contributed by atoms with E-state index in [4.69, 9.17) is 4.74 Å². The average molecular weight is 294 g/mol. The number of hydrogen-bond acceptors (Lipinski definition) is 3. The van der Waals surface area contributed by atoms with Gasteiger partial charge in [0.25, 0.3) is 0 Å². The molecule has 1 atom stereocenters. The first-order chi connectivity index (χ1) is 9.88. The van der Waals surface area contributed by atoms with Crippen molar-refractivity contribution in [2.75, 3.05) is 12.4 Å². The fourth-order valence-corrected chi connectivity index (χ4v) is 2.00. The number of amides is 2. The molecule has 0 fully saturated rings. The topological polar surface area (TPSA) is 87.7 Å². The number of benzene rings is 1. The third-order valence-corrected chi connectivity index (χ3v) is 3.27. The molecule has 0 aliphatic rings. The van der Waals surface area contributed by atoms with Crippen LogP contribution in [-0.2, 0) is 0 Å². The summed E-state index contributed by atoms with van der Waals surface area (Å²) in [7, 11) is 1.45. The quantitative estimate of drug-likeness (QED) is 0.752. The SMILES string of the molecule is CCC(NC(=O)Nc1ccc(OC)cc1C(=O)O)C(C)C. The zero-order chi connectivity index (χ0) is 16.0. The van der Waals surface area contributed by atoms with Crippen molar-refractivity contribution in [3.05, 3.63) is 23.8 Å². The first-order valence-electron chi connectivity index (χ1n) is 6.87. The van der Waals surface area contributed by atoms with Crippen molar-refractivity contribution in [1.82, 2.24) is 5.32 Å². The maximum absolute atomic E-state index is 12.0. The maximum Gasteiger partial charge on any atom is 0.337 e. The Morgan fingerprint density at radius 3 is 2.48 bits per heavy atom. The van der Waals surface area contributed by atoms with Crippen LogP contribution >= 0.6 is 0 Å². The number of carbonyl (C=O) groups excluding carboxylic acids is 1. The summed E-state index contributed by atoms with van der Waals surface area (Å²) < 4.78 is 4.99. The average Bonchev–Trinajstić information content (AvgIpc) is 2.44. The zero-order valence-electron chi connectivity index (χ0n) is 12.8.